The van der Waals surface area contributed by atoms with Crippen LogP contribution in [0.25, 0.3) is 10.8 Å². The molecule has 0 atom stereocenters. The van der Waals surface area contributed by atoms with Gasteiger partial charge in [-0.15, -0.1) is 21.5 Å². The van der Waals surface area contributed by atoms with Crippen molar-refractivity contribution in [1.29, 1.82) is 0 Å². The smallest absolute Gasteiger partial charge is 0.257 e. The molecule has 0 aliphatic rings. The van der Waals surface area contributed by atoms with Gasteiger partial charge in [-0.05, 0) is 48.5 Å². The Morgan fingerprint density at radius 3 is 2.70 bits per heavy atom. The Morgan fingerprint density at radius 1 is 1.40 bits per heavy atom. The molecule has 2 aromatic rings. The minimum absolute atomic E-state index is 0.537. The fourth-order valence-corrected chi connectivity index (χ4v) is 3.17. The molecule has 0 fully saturated rings. The summed E-state index contributed by atoms with van der Waals surface area (Å²) in [6.07, 6.45) is 0. The molecule has 0 amide bonds. The molecule has 0 saturated heterocycles. The van der Waals surface area contributed by atoms with Crippen LogP contribution in [0.3, 0.4) is 0 Å². The highest BCUT2D eigenvalue weighted by atomic mass is 79.9. The Balaban J connectivity index is 2.05. The molecule has 5 nitrogen and oxygen atoms in total. The Bertz CT molecular complexity index is 562. The summed E-state index contributed by atoms with van der Waals surface area (Å²) in [6.45, 7) is 7.54. The lowest BCUT2D eigenvalue weighted by Crippen LogP contribution is -2.38. The van der Waals surface area contributed by atoms with E-state index in [1.165, 1.54) is 0 Å². The molecule has 2 aromatic heterocycles. The summed E-state index contributed by atoms with van der Waals surface area (Å²) in [6, 6.07) is 3.90. The van der Waals surface area contributed by atoms with E-state index < -0.39 is 5.60 Å². The summed E-state index contributed by atoms with van der Waals surface area (Å²) in [5.41, 5.74) is -0.739. The molecule has 2 heterocycles. The Kier molecular flexibility index (Phi) is 4.95. The fraction of sp³-hybridized carbons (Fsp3) is 0.538. The van der Waals surface area contributed by atoms with E-state index in [-0.39, 0.29) is 0 Å². The standard InChI is InChI=1S/C13H18BrN3O2S/c1-4-17(8-13(2,3)18)7-11-15-16-12(19-11)9-5-6-10(14)20-9/h5-6,18H,4,7-8H2,1-3H3. The fourth-order valence-electron chi connectivity index (χ4n) is 1.86. The van der Waals surface area contributed by atoms with Crippen molar-refractivity contribution in [2.24, 2.45) is 0 Å². The Labute approximate surface area is 130 Å². The van der Waals surface area contributed by atoms with Crippen LogP contribution < -0.4 is 0 Å². The lowest BCUT2D eigenvalue weighted by atomic mass is 10.1. The molecule has 0 aromatic carbocycles. The molecule has 20 heavy (non-hydrogen) atoms. The maximum absolute atomic E-state index is 9.87. The maximum atomic E-state index is 9.87. The van der Waals surface area contributed by atoms with Gasteiger partial charge < -0.3 is 9.52 Å². The number of aliphatic hydroxyl groups is 1. The molecular weight excluding hydrogens is 342 g/mol. The quantitative estimate of drug-likeness (QED) is 0.858. The molecular formula is C13H18BrN3O2S. The summed E-state index contributed by atoms with van der Waals surface area (Å²) >= 11 is 4.97. The molecule has 0 unspecified atom stereocenters. The van der Waals surface area contributed by atoms with Crippen molar-refractivity contribution in [3.63, 3.8) is 0 Å². The first-order valence-corrected chi connectivity index (χ1v) is 8.01. The van der Waals surface area contributed by atoms with Crippen molar-refractivity contribution in [2.45, 2.75) is 32.9 Å². The zero-order valence-electron chi connectivity index (χ0n) is 11.8. The van der Waals surface area contributed by atoms with Crippen molar-refractivity contribution in [2.75, 3.05) is 13.1 Å². The van der Waals surface area contributed by atoms with Crippen molar-refractivity contribution in [3.8, 4) is 10.8 Å². The maximum Gasteiger partial charge on any atom is 0.257 e. The molecule has 1 N–H and O–H groups in total. The van der Waals surface area contributed by atoms with Gasteiger partial charge in [-0.1, -0.05) is 6.92 Å². The molecule has 0 radical (unpaired) electrons. The van der Waals surface area contributed by atoms with Crippen LogP contribution >= 0.6 is 27.3 Å². The second kappa shape index (κ2) is 6.34. The van der Waals surface area contributed by atoms with Crippen molar-refractivity contribution >= 4 is 27.3 Å². The highest BCUT2D eigenvalue weighted by molar-refractivity contribution is 9.11. The van der Waals surface area contributed by atoms with Crippen LogP contribution in [0, 0.1) is 0 Å². The molecule has 0 aliphatic carbocycles. The van der Waals surface area contributed by atoms with Crippen LogP contribution in [-0.2, 0) is 6.54 Å². The molecule has 110 valence electrons. The molecule has 2 rings (SSSR count). The van der Waals surface area contributed by atoms with Gasteiger partial charge in [0.25, 0.3) is 5.89 Å². The van der Waals surface area contributed by atoms with E-state index in [0.717, 1.165) is 15.2 Å². The van der Waals surface area contributed by atoms with Crippen LogP contribution in [0.5, 0.6) is 0 Å². The summed E-state index contributed by atoms with van der Waals surface area (Å²) in [5, 5.41) is 18.0. The SMILES string of the molecule is CCN(Cc1nnc(-c2ccc(Br)s2)o1)CC(C)(C)O. The van der Waals surface area contributed by atoms with E-state index in [2.05, 4.69) is 31.0 Å². The molecule has 0 aliphatic heterocycles. The Morgan fingerprint density at radius 2 is 2.15 bits per heavy atom. The number of hydrogen-bond acceptors (Lipinski definition) is 6. The van der Waals surface area contributed by atoms with Crippen LogP contribution in [0.2, 0.25) is 0 Å². The number of rotatable bonds is 6. The largest absolute Gasteiger partial charge is 0.419 e. The first kappa shape index (κ1) is 15.6. The summed E-state index contributed by atoms with van der Waals surface area (Å²) < 4.78 is 6.71. The van der Waals surface area contributed by atoms with Gasteiger partial charge in [0.1, 0.15) is 0 Å². The van der Waals surface area contributed by atoms with E-state index in [1.807, 2.05) is 19.1 Å². The highest BCUT2D eigenvalue weighted by Gasteiger charge is 2.19. The number of nitrogens with zero attached hydrogens (tertiary/aromatic N) is 3. The van der Waals surface area contributed by atoms with Gasteiger partial charge in [-0.25, -0.2) is 0 Å². The third kappa shape index (κ3) is 4.37. The van der Waals surface area contributed by atoms with Gasteiger partial charge in [-0.3, -0.25) is 4.90 Å². The molecule has 0 saturated carbocycles. The predicted octanol–water partition coefficient (Wildman–Crippen LogP) is 3.15. The third-order valence-electron chi connectivity index (χ3n) is 2.67. The lowest BCUT2D eigenvalue weighted by Gasteiger charge is -2.26. The monoisotopic (exact) mass is 359 g/mol. The van der Waals surface area contributed by atoms with Gasteiger partial charge >= 0.3 is 0 Å². The number of halogens is 1. The van der Waals surface area contributed by atoms with Crippen molar-refractivity contribution < 1.29 is 9.52 Å². The highest BCUT2D eigenvalue weighted by Crippen LogP contribution is 2.30. The van der Waals surface area contributed by atoms with Crippen molar-refractivity contribution in [3.05, 3.63) is 21.8 Å². The predicted molar refractivity (Wildman–Crippen MR) is 82.6 cm³/mol. The van der Waals surface area contributed by atoms with E-state index in [1.54, 1.807) is 25.2 Å². The normalized spacial score (nSPS) is 12.3. The zero-order chi connectivity index (χ0) is 14.8. The summed E-state index contributed by atoms with van der Waals surface area (Å²) in [7, 11) is 0. The van der Waals surface area contributed by atoms with Crippen LogP contribution in [0.1, 0.15) is 26.7 Å². The number of likely N-dealkylation sites (N-methyl/N-ethyl adjacent to an activating group) is 1. The van der Waals surface area contributed by atoms with Crippen LogP contribution in [0.15, 0.2) is 20.3 Å². The molecule has 7 heteroatoms. The minimum atomic E-state index is -0.739. The van der Waals surface area contributed by atoms with Gasteiger partial charge in [0.2, 0.25) is 5.89 Å². The van der Waals surface area contributed by atoms with Gasteiger partial charge in [-0.2, -0.15) is 0 Å². The second-order valence-corrected chi connectivity index (χ2v) is 7.68. The second-order valence-electron chi connectivity index (χ2n) is 5.22. The third-order valence-corrected chi connectivity index (χ3v) is 4.28. The van der Waals surface area contributed by atoms with Gasteiger partial charge in [0.05, 0.1) is 20.8 Å². The molecule has 0 spiro atoms. The number of aromatic nitrogens is 2. The van der Waals surface area contributed by atoms with E-state index in [0.29, 0.717) is 24.9 Å². The van der Waals surface area contributed by atoms with Gasteiger partial charge in [0.15, 0.2) is 0 Å². The van der Waals surface area contributed by atoms with E-state index >= 15 is 0 Å². The average molecular weight is 360 g/mol. The summed E-state index contributed by atoms with van der Waals surface area (Å²) in [4.78, 5) is 3.02. The topological polar surface area (TPSA) is 62.4 Å². The van der Waals surface area contributed by atoms with Crippen LogP contribution in [0.4, 0.5) is 0 Å². The Hall–Kier alpha value is -0.760. The van der Waals surface area contributed by atoms with Gasteiger partial charge in [0, 0.05) is 6.54 Å². The minimum Gasteiger partial charge on any atom is -0.419 e. The first-order chi connectivity index (χ1) is 9.37. The lowest BCUT2D eigenvalue weighted by molar-refractivity contribution is 0.0329. The van der Waals surface area contributed by atoms with Crippen LogP contribution in [-0.4, -0.2) is 38.9 Å². The number of thiophene rings is 1. The first-order valence-electron chi connectivity index (χ1n) is 6.40. The van der Waals surface area contributed by atoms with E-state index in [9.17, 15) is 5.11 Å². The molecule has 0 bridgehead atoms. The summed E-state index contributed by atoms with van der Waals surface area (Å²) in [5.74, 6) is 1.10. The average Bonchev–Trinajstić information content (AvgIpc) is 2.95. The zero-order valence-corrected chi connectivity index (χ0v) is 14.2. The number of hydrogen-bond donors (Lipinski definition) is 1. The van der Waals surface area contributed by atoms with Crippen molar-refractivity contribution in [1.82, 2.24) is 15.1 Å². The van der Waals surface area contributed by atoms with E-state index in [4.69, 9.17) is 4.42 Å².